The number of benzene rings is 2. The van der Waals surface area contributed by atoms with Gasteiger partial charge in [0.15, 0.2) is 0 Å². The SMILES string of the molecule is CC(C)[C@H](NC(=O)c1cccc(NC(=O)C(C)(C)C)c1)c1nc2ccccc2[nH]1. The van der Waals surface area contributed by atoms with E-state index in [0.29, 0.717) is 11.3 Å². The molecule has 0 bridgehead atoms. The first-order valence-corrected chi connectivity index (χ1v) is 9.82. The first kappa shape index (κ1) is 20.6. The lowest BCUT2D eigenvalue weighted by atomic mass is 9.95. The highest BCUT2D eigenvalue weighted by molar-refractivity contribution is 5.98. The van der Waals surface area contributed by atoms with Gasteiger partial charge < -0.3 is 15.6 Å². The lowest BCUT2D eigenvalue weighted by Crippen LogP contribution is -2.32. The maximum Gasteiger partial charge on any atom is 0.251 e. The average Bonchev–Trinajstić information content (AvgIpc) is 3.08. The average molecular weight is 393 g/mol. The maximum atomic E-state index is 12.9. The Kier molecular flexibility index (Phi) is 5.73. The van der Waals surface area contributed by atoms with E-state index in [1.54, 1.807) is 24.3 Å². The van der Waals surface area contributed by atoms with E-state index in [2.05, 4.69) is 20.6 Å². The van der Waals surface area contributed by atoms with Crippen molar-refractivity contribution in [2.75, 3.05) is 5.32 Å². The van der Waals surface area contributed by atoms with Crippen LogP contribution in [0.5, 0.6) is 0 Å². The Balaban J connectivity index is 1.80. The van der Waals surface area contributed by atoms with Crippen molar-refractivity contribution < 1.29 is 9.59 Å². The summed E-state index contributed by atoms with van der Waals surface area (Å²) in [4.78, 5) is 33.1. The highest BCUT2D eigenvalue weighted by Crippen LogP contribution is 2.23. The summed E-state index contributed by atoms with van der Waals surface area (Å²) in [5, 5.41) is 5.94. The zero-order valence-corrected chi connectivity index (χ0v) is 17.5. The Morgan fingerprint density at radius 2 is 1.76 bits per heavy atom. The van der Waals surface area contributed by atoms with Gasteiger partial charge in [0.25, 0.3) is 5.91 Å². The van der Waals surface area contributed by atoms with E-state index in [4.69, 9.17) is 0 Å². The third kappa shape index (κ3) is 4.83. The van der Waals surface area contributed by atoms with Gasteiger partial charge in [0, 0.05) is 16.7 Å². The van der Waals surface area contributed by atoms with Gasteiger partial charge in [0.05, 0.1) is 17.1 Å². The topological polar surface area (TPSA) is 86.9 Å². The van der Waals surface area contributed by atoms with Gasteiger partial charge in [-0.2, -0.15) is 0 Å². The molecule has 0 saturated heterocycles. The minimum absolute atomic E-state index is 0.0996. The quantitative estimate of drug-likeness (QED) is 0.589. The molecule has 0 radical (unpaired) electrons. The number of hydrogen-bond donors (Lipinski definition) is 3. The third-order valence-electron chi connectivity index (χ3n) is 4.72. The molecule has 1 heterocycles. The smallest absolute Gasteiger partial charge is 0.251 e. The molecule has 6 nitrogen and oxygen atoms in total. The van der Waals surface area contributed by atoms with Crippen LogP contribution in [0.2, 0.25) is 0 Å². The summed E-state index contributed by atoms with van der Waals surface area (Å²) < 4.78 is 0. The standard InChI is InChI=1S/C23H28N4O2/c1-14(2)19(20-25-17-11-6-7-12-18(17)26-20)27-21(28)15-9-8-10-16(13-15)24-22(29)23(3,4)5/h6-14,19H,1-5H3,(H,24,29)(H,25,26)(H,27,28)/t19-/m0/s1. The molecular formula is C23H28N4O2. The van der Waals surface area contributed by atoms with Gasteiger partial charge in [-0.25, -0.2) is 4.98 Å². The number of aromatic amines is 1. The van der Waals surface area contributed by atoms with Crippen LogP contribution in [0.15, 0.2) is 48.5 Å². The summed E-state index contributed by atoms with van der Waals surface area (Å²) in [5.74, 6) is 0.559. The molecule has 1 aromatic heterocycles. The van der Waals surface area contributed by atoms with Gasteiger partial charge in [-0.05, 0) is 36.2 Å². The van der Waals surface area contributed by atoms with Gasteiger partial charge in [-0.15, -0.1) is 0 Å². The number of aromatic nitrogens is 2. The second-order valence-corrected chi connectivity index (χ2v) is 8.62. The summed E-state index contributed by atoms with van der Waals surface area (Å²) in [6.07, 6.45) is 0. The van der Waals surface area contributed by atoms with Crippen molar-refractivity contribution in [2.24, 2.45) is 11.3 Å². The van der Waals surface area contributed by atoms with E-state index in [0.717, 1.165) is 16.9 Å². The number of carbonyl (C=O) groups is 2. The molecule has 2 aromatic carbocycles. The molecule has 2 amide bonds. The predicted octanol–water partition coefficient (Wildman–Crippen LogP) is 4.67. The number of nitrogens with zero attached hydrogens (tertiary/aromatic N) is 1. The zero-order valence-electron chi connectivity index (χ0n) is 17.5. The highest BCUT2D eigenvalue weighted by Gasteiger charge is 2.24. The van der Waals surface area contributed by atoms with E-state index in [1.807, 2.05) is 58.9 Å². The van der Waals surface area contributed by atoms with Crippen LogP contribution in [-0.4, -0.2) is 21.8 Å². The predicted molar refractivity (Wildman–Crippen MR) is 116 cm³/mol. The number of hydrogen-bond acceptors (Lipinski definition) is 3. The Labute approximate surface area is 171 Å². The summed E-state index contributed by atoms with van der Waals surface area (Å²) >= 11 is 0. The van der Waals surface area contributed by atoms with Gasteiger partial charge in [0.1, 0.15) is 5.82 Å². The van der Waals surface area contributed by atoms with Crippen LogP contribution < -0.4 is 10.6 Å². The van der Waals surface area contributed by atoms with Crippen molar-refractivity contribution in [3.8, 4) is 0 Å². The first-order valence-electron chi connectivity index (χ1n) is 9.82. The van der Waals surface area contributed by atoms with Crippen molar-refractivity contribution >= 4 is 28.5 Å². The molecule has 0 aliphatic rings. The lowest BCUT2D eigenvalue weighted by molar-refractivity contribution is -0.123. The van der Waals surface area contributed by atoms with Crippen molar-refractivity contribution in [1.29, 1.82) is 0 Å². The van der Waals surface area contributed by atoms with E-state index in [1.165, 1.54) is 0 Å². The largest absolute Gasteiger partial charge is 0.342 e. The molecule has 3 rings (SSSR count). The van der Waals surface area contributed by atoms with Crippen LogP contribution in [0.4, 0.5) is 5.69 Å². The first-order chi connectivity index (χ1) is 13.6. The minimum Gasteiger partial charge on any atom is -0.342 e. The molecule has 1 atom stereocenters. The number of amides is 2. The second kappa shape index (κ2) is 8.07. The summed E-state index contributed by atoms with van der Waals surface area (Å²) in [7, 11) is 0. The summed E-state index contributed by atoms with van der Waals surface area (Å²) in [6, 6.07) is 14.5. The minimum atomic E-state index is -0.512. The summed E-state index contributed by atoms with van der Waals surface area (Å²) in [5.41, 5.74) is 2.38. The molecule has 0 fully saturated rings. The van der Waals surface area contributed by atoms with Crippen LogP contribution in [0.1, 0.15) is 56.8 Å². The number of anilines is 1. The molecule has 0 unspecified atom stereocenters. The number of fused-ring (bicyclic) bond motifs is 1. The van der Waals surface area contributed by atoms with Crippen LogP contribution >= 0.6 is 0 Å². The van der Waals surface area contributed by atoms with Crippen LogP contribution in [0.25, 0.3) is 11.0 Å². The Hall–Kier alpha value is -3.15. The third-order valence-corrected chi connectivity index (χ3v) is 4.72. The van der Waals surface area contributed by atoms with Crippen molar-refractivity contribution in [3.05, 3.63) is 59.9 Å². The second-order valence-electron chi connectivity index (χ2n) is 8.62. The van der Waals surface area contributed by atoms with Crippen LogP contribution in [-0.2, 0) is 4.79 Å². The number of imidazole rings is 1. The summed E-state index contributed by atoms with van der Waals surface area (Å²) in [6.45, 7) is 9.62. The Morgan fingerprint density at radius 1 is 1.03 bits per heavy atom. The van der Waals surface area contributed by atoms with Crippen LogP contribution in [0, 0.1) is 11.3 Å². The molecule has 6 heteroatoms. The molecule has 3 N–H and O–H groups in total. The molecule has 0 aliphatic carbocycles. The normalized spacial score (nSPS) is 12.8. The zero-order chi connectivity index (χ0) is 21.2. The molecule has 152 valence electrons. The number of H-pyrrole nitrogens is 1. The molecule has 3 aromatic rings. The van der Waals surface area contributed by atoms with Crippen LogP contribution in [0.3, 0.4) is 0 Å². The lowest BCUT2D eigenvalue weighted by Gasteiger charge is -2.21. The number of nitrogens with one attached hydrogen (secondary N) is 3. The van der Waals surface area contributed by atoms with Crippen molar-refractivity contribution in [2.45, 2.75) is 40.7 Å². The van der Waals surface area contributed by atoms with E-state index < -0.39 is 5.41 Å². The van der Waals surface area contributed by atoms with Gasteiger partial charge in [0.2, 0.25) is 5.91 Å². The van der Waals surface area contributed by atoms with Gasteiger partial charge in [-0.3, -0.25) is 9.59 Å². The van der Waals surface area contributed by atoms with Gasteiger partial charge in [-0.1, -0.05) is 52.8 Å². The van der Waals surface area contributed by atoms with E-state index >= 15 is 0 Å². The molecule has 0 saturated carbocycles. The monoisotopic (exact) mass is 392 g/mol. The molecule has 29 heavy (non-hydrogen) atoms. The highest BCUT2D eigenvalue weighted by atomic mass is 16.2. The molecule has 0 spiro atoms. The fourth-order valence-corrected chi connectivity index (χ4v) is 2.95. The van der Waals surface area contributed by atoms with E-state index in [-0.39, 0.29) is 23.8 Å². The molecular weight excluding hydrogens is 364 g/mol. The van der Waals surface area contributed by atoms with E-state index in [9.17, 15) is 9.59 Å². The van der Waals surface area contributed by atoms with Crippen molar-refractivity contribution in [3.63, 3.8) is 0 Å². The molecule has 0 aliphatic heterocycles. The maximum absolute atomic E-state index is 12.9. The fourth-order valence-electron chi connectivity index (χ4n) is 2.95. The number of carbonyl (C=O) groups excluding carboxylic acids is 2. The van der Waals surface area contributed by atoms with Crippen molar-refractivity contribution in [1.82, 2.24) is 15.3 Å². The van der Waals surface area contributed by atoms with Gasteiger partial charge >= 0.3 is 0 Å². The fraction of sp³-hybridized carbons (Fsp3) is 0.348. The number of rotatable bonds is 5. The number of para-hydroxylation sites is 2. The Bertz CT molecular complexity index is 998. The Morgan fingerprint density at radius 3 is 2.41 bits per heavy atom.